The molecule has 0 aliphatic carbocycles. The molecule has 0 amide bonds. The van der Waals surface area contributed by atoms with E-state index >= 15 is 0 Å². The number of pyridine rings is 1. The van der Waals surface area contributed by atoms with Gasteiger partial charge in [0.2, 0.25) is 0 Å². The van der Waals surface area contributed by atoms with Crippen molar-refractivity contribution in [2.75, 3.05) is 12.4 Å². The maximum atomic E-state index is 12.4. The van der Waals surface area contributed by atoms with Crippen molar-refractivity contribution in [1.82, 2.24) is 20.5 Å². The Bertz CT molecular complexity index is 1230. The second-order valence-corrected chi connectivity index (χ2v) is 7.33. The van der Waals surface area contributed by atoms with Crippen LogP contribution in [0.3, 0.4) is 0 Å². The number of rotatable bonds is 4. The average molecular weight is 383 g/mol. The molecule has 2 aromatic carbocycles. The Morgan fingerprint density at radius 2 is 1.93 bits per heavy atom. The van der Waals surface area contributed by atoms with Crippen LogP contribution in [0.15, 0.2) is 71.8 Å². The van der Waals surface area contributed by atoms with Crippen LogP contribution >= 0.6 is 0 Å². The van der Waals surface area contributed by atoms with E-state index in [2.05, 4.69) is 56.1 Å². The van der Waals surface area contributed by atoms with E-state index in [0.29, 0.717) is 5.39 Å². The normalized spacial score (nSPS) is 17.8. The second-order valence-electron chi connectivity index (χ2n) is 7.33. The fourth-order valence-corrected chi connectivity index (χ4v) is 4.29. The molecule has 2 atom stereocenters. The van der Waals surface area contributed by atoms with Gasteiger partial charge in [0.25, 0.3) is 5.56 Å². The van der Waals surface area contributed by atoms with Crippen molar-refractivity contribution in [2.45, 2.75) is 18.5 Å². The van der Waals surface area contributed by atoms with Crippen molar-refractivity contribution >= 4 is 16.5 Å². The van der Waals surface area contributed by atoms with E-state index in [1.54, 1.807) is 6.20 Å². The van der Waals surface area contributed by atoms with Crippen LogP contribution in [-0.4, -0.2) is 22.2 Å². The number of hydrogen-bond donors (Lipinski definition) is 3. The molecule has 6 heteroatoms. The number of aromatic amines is 1. The lowest BCUT2D eigenvalue weighted by Gasteiger charge is -2.34. The first-order chi connectivity index (χ1) is 14.3. The smallest absolute Gasteiger partial charge is 0.272 e. The van der Waals surface area contributed by atoms with Crippen LogP contribution in [0.2, 0.25) is 0 Å². The Morgan fingerprint density at radius 1 is 1.07 bits per heavy atom. The molecule has 0 fully saturated rings. The van der Waals surface area contributed by atoms with Gasteiger partial charge in [-0.3, -0.25) is 9.78 Å². The summed E-state index contributed by atoms with van der Waals surface area (Å²) in [5, 5.41) is 15.6. The molecule has 4 aromatic rings. The zero-order valence-corrected chi connectivity index (χ0v) is 16.0. The van der Waals surface area contributed by atoms with Crippen molar-refractivity contribution in [2.24, 2.45) is 0 Å². The van der Waals surface area contributed by atoms with E-state index < -0.39 is 0 Å². The average Bonchev–Trinajstić information content (AvgIpc) is 2.77. The first kappa shape index (κ1) is 17.6. The van der Waals surface area contributed by atoms with Crippen LogP contribution in [-0.2, 0) is 6.54 Å². The van der Waals surface area contributed by atoms with Gasteiger partial charge in [-0.2, -0.15) is 5.10 Å². The number of H-pyrrole nitrogens is 1. The lowest BCUT2D eigenvalue weighted by molar-refractivity contribution is 0.635. The molecule has 3 N–H and O–H groups in total. The van der Waals surface area contributed by atoms with E-state index in [1.165, 1.54) is 5.56 Å². The van der Waals surface area contributed by atoms with Gasteiger partial charge in [0.05, 0.1) is 23.0 Å². The molecule has 2 unspecified atom stereocenters. The second kappa shape index (κ2) is 7.14. The van der Waals surface area contributed by atoms with E-state index in [-0.39, 0.29) is 17.5 Å². The Kier molecular flexibility index (Phi) is 4.33. The third kappa shape index (κ3) is 2.98. The topological polar surface area (TPSA) is 82.7 Å². The Hall–Kier alpha value is -3.51. The van der Waals surface area contributed by atoms with E-state index in [4.69, 9.17) is 0 Å². The summed E-state index contributed by atoms with van der Waals surface area (Å²) in [6.07, 6.45) is 3.66. The molecule has 144 valence electrons. The molecule has 6 nitrogen and oxygen atoms in total. The minimum atomic E-state index is -0.171. The summed E-state index contributed by atoms with van der Waals surface area (Å²) in [6, 6.07) is 18.2. The number of aromatic nitrogens is 3. The summed E-state index contributed by atoms with van der Waals surface area (Å²) in [5.74, 6) is -0.0646. The van der Waals surface area contributed by atoms with Crippen LogP contribution in [0.5, 0.6) is 0 Å². The predicted octanol–water partition coefficient (Wildman–Crippen LogP) is 3.34. The highest BCUT2D eigenvalue weighted by atomic mass is 16.1. The van der Waals surface area contributed by atoms with Gasteiger partial charge >= 0.3 is 0 Å². The minimum absolute atomic E-state index is 0.0509. The van der Waals surface area contributed by atoms with Crippen molar-refractivity contribution in [3.8, 4) is 0 Å². The molecule has 0 bridgehead atoms. The van der Waals surface area contributed by atoms with E-state index in [9.17, 15) is 4.79 Å². The Labute approximate surface area is 168 Å². The fraction of sp³-hybridized carbons (Fsp3) is 0.174. The lowest BCUT2D eigenvalue weighted by Crippen LogP contribution is -2.28. The van der Waals surface area contributed by atoms with Gasteiger partial charge in [-0.1, -0.05) is 36.4 Å². The molecule has 0 spiro atoms. The molecule has 3 heterocycles. The molecule has 29 heavy (non-hydrogen) atoms. The van der Waals surface area contributed by atoms with Crippen molar-refractivity contribution in [1.29, 1.82) is 0 Å². The van der Waals surface area contributed by atoms with Crippen molar-refractivity contribution in [3.63, 3.8) is 0 Å². The molecule has 0 saturated carbocycles. The van der Waals surface area contributed by atoms with Gasteiger partial charge in [0, 0.05) is 30.0 Å². The van der Waals surface area contributed by atoms with E-state index in [0.717, 1.165) is 34.4 Å². The number of benzene rings is 2. The molecule has 5 rings (SSSR count). The zero-order valence-electron chi connectivity index (χ0n) is 16.0. The van der Waals surface area contributed by atoms with Crippen LogP contribution in [0, 0.1) is 0 Å². The van der Waals surface area contributed by atoms with Gasteiger partial charge in [0.1, 0.15) is 0 Å². The largest absolute Gasteiger partial charge is 0.377 e. The molecule has 1 aliphatic heterocycles. The summed E-state index contributed by atoms with van der Waals surface area (Å²) < 4.78 is 0. The Morgan fingerprint density at radius 3 is 2.76 bits per heavy atom. The Balaban J connectivity index is 1.77. The van der Waals surface area contributed by atoms with E-state index in [1.807, 2.05) is 37.5 Å². The highest BCUT2D eigenvalue weighted by Gasteiger charge is 2.34. The van der Waals surface area contributed by atoms with Crippen LogP contribution in [0.4, 0.5) is 5.69 Å². The lowest BCUT2D eigenvalue weighted by atomic mass is 9.80. The maximum Gasteiger partial charge on any atom is 0.272 e. The van der Waals surface area contributed by atoms with Crippen molar-refractivity contribution in [3.05, 3.63) is 99.7 Å². The van der Waals surface area contributed by atoms with Gasteiger partial charge in [-0.05, 0) is 41.9 Å². The first-order valence-electron chi connectivity index (χ1n) is 9.67. The highest BCUT2D eigenvalue weighted by molar-refractivity contribution is 5.97. The van der Waals surface area contributed by atoms with Gasteiger partial charge in [-0.25, -0.2) is 5.10 Å². The molecule has 1 aliphatic rings. The van der Waals surface area contributed by atoms with Crippen molar-refractivity contribution < 1.29 is 0 Å². The maximum absolute atomic E-state index is 12.4. The SMILES string of the molecule is CNCc1cccc(C2c3n[nH]c(=O)c4cccc(c34)NC2c2cccnc2)c1. The predicted molar refractivity (Wildman–Crippen MR) is 114 cm³/mol. The number of anilines is 1. The van der Waals surface area contributed by atoms with Gasteiger partial charge in [-0.15, -0.1) is 0 Å². The summed E-state index contributed by atoms with van der Waals surface area (Å²) >= 11 is 0. The third-order valence-corrected chi connectivity index (χ3v) is 5.52. The first-order valence-corrected chi connectivity index (χ1v) is 9.67. The molecule has 0 radical (unpaired) electrons. The third-order valence-electron chi connectivity index (χ3n) is 5.52. The van der Waals surface area contributed by atoms with Crippen LogP contribution in [0.25, 0.3) is 10.8 Å². The van der Waals surface area contributed by atoms with Gasteiger partial charge < -0.3 is 10.6 Å². The standard InChI is InChI=1S/C23H21N5O/c1-24-12-14-5-2-6-15(11-14)19-21(16-7-4-10-25-13-16)26-18-9-3-8-17-20(18)22(19)27-28-23(17)29/h2-11,13,19,21,24,26H,12H2,1H3,(H,28,29). The van der Waals surface area contributed by atoms with Gasteiger partial charge in [0.15, 0.2) is 0 Å². The fourth-order valence-electron chi connectivity index (χ4n) is 4.29. The molecule has 0 saturated heterocycles. The number of nitrogens with zero attached hydrogens (tertiary/aromatic N) is 2. The molecular weight excluding hydrogens is 362 g/mol. The monoisotopic (exact) mass is 383 g/mol. The number of nitrogens with one attached hydrogen (secondary N) is 3. The summed E-state index contributed by atoms with van der Waals surface area (Å²) in [4.78, 5) is 16.7. The number of hydrogen-bond acceptors (Lipinski definition) is 5. The minimum Gasteiger partial charge on any atom is -0.377 e. The summed E-state index contributed by atoms with van der Waals surface area (Å²) in [5.41, 5.74) is 5.06. The summed E-state index contributed by atoms with van der Waals surface area (Å²) in [6.45, 7) is 0.788. The molecular formula is C23H21N5O. The quantitative estimate of drug-likeness (QED) is 0.503. The van der Waals surface area contributed by atoms with Crippen LogP contribution < -0.4 is 16.2 Å². The highest BCUT2D eigenvalue weighted by Crippen LogP contribution is 2.46. The zero-order chi connectivity index (χ0) is 19.8. The molecule has 2 aromatic heterocycles. The van der Waals surface area contributed by atoms with Crippen LogP contribution in [0.1, 0.15) is 34.3 Å². The summed E-state index contributed by atoms with van der Waals surface area (Å²) in [7, 11) is 1.94.